The van der Waals surface area contributed by atoms with Gasteiger partial charge < -0.3 is 25.7 Å². The number of nitrogens with zero attached hydrogens (tertiary/aromatic N) is 2. The van der Waals surface area contributed by atoms with E-state index in [1.165, 1.54) is 37.5 Å². The second-order valence-corrected chi connectivity index (χ2v) is 7.36. The molecule has 0 aliphatic rings. The molecule has 0 saturated heterocycles. The minimum atomic E-state index is -1.36. The van der Waals surface area contributed by atoms with Gasteiger partial charge in [0, 0.05) is 24.5 Å². The first-order valence-electron chi connectivity index (χ1n) is 9.93. The zero-order valence-electron chi connectivity index (χ0n) is 18.5. The van der Waals surface area contributed by atoms with E-state index < -0.39 is 18.0 Å². The van der Waals surface area contributed by atoms with Crippen molar-refractivity contribution in [2.45, 2.75) is 25.7 Å². The molecular weight excluding hydrogens is 449 g/mol. The summed E-state index contributed by atoms with van der Waals surface area (Å²) in [4.78, 5) is 3.80. The van der Waals surface area contributed by atoms with Crippen molar-refractivity contribution in [3.8, 4) is 5.75 Å². The van der Waals surface area contributed by atoms with Gasteiger partial charge in [0.25, 0.3) is 0 Å². The van der Waals surface area contributed by atoms with Gasteiger partial charge in [-0.1, -0.05) is 23.7 Å². The van der Waals surface area contributed by atoms with Crippen molar-refractivity contribution in [3.05, 3.63) is 71.2 Å². The van der Waals surface area contributed by atoms with Gasteiger partial charge >= 0.3 is 0 Å². The molecule has 10 heteroatoms. The van der Waals surface area contributed by atoms with Gasteiger partial charge in [0.15, 0.2) is 0 Å². The van der Waals surface area contributed by atoms with E-state index in [0.717, 1.165) is 11.3 Å². The molecular formula is C23H27ClFN5O3. The maximum atomic E-state index is 14.1. The fourth-order valence-electron chi connectivity index (χ4n) is 2.96. The molecule has 0 aromatic heterocycles. The van der Waals surface area contributed by atoms with Crippen molar-refractivity contribution in [1.82, 2.24) is 0 Å². The molecule has 0 saturated carbocycles. The van der Waals surface area contributed by atoms with Gasteiger partial charge in [0.2, 0.25) is 0 Å². The summed E-state index contributed by atoms with van der Waals surface area (Å²) in [5.41, 5.74) is 2.02. The second kappa shape index (κ2) is 12.7. The van der Waals surface area contributed by atoms with Crippen LogP contribution in [0.1, 0.15) is 24.2 Å². The Morgan fingerprint density at radius 2 is 2.00 bits per heavy atom. The lowest BCUT2D eigenvalue weighted by Gasteiger charge is -2.22. The Morgan fingerprint density at radius 3 is 2.58 bits per heavy atom. The standard InChI is InChI=1S/C23H27ClFN5O3/c1-14(33-13-15-4-7-17(32-3)8-5-15)18-10-16(25)6-9-19(18)29-20(11-22(24)26)23(31)21(30-27)12-28-2/h4-12,14,23,26,29,31H,13,27H2,1-3H3/b20-11-,26-22?,28-12?,30-21?/t14-,23?/m1/s1. The summed E-state index contributed by atoms with van der Waals surface area (Å²) in [5.74, 6) is 5.64. The highest BCUT2D eigenvalue weighted by Crippen LogP contribution is 2.29. The van der Waals surface area contributed by atoms with E-state index >= 15 is 0 Å². The quantitative estimate of drug-likeness (QED) is 0.222. The van der Waals surface area contributed by atoms with Crippen molar-refractivity contribution in [2.75, 3.05) is 19.5 Å². The number of allylic oxidation sites excluding steroid dienone is 1. The highest BCUT2D eigenvalue weighted by atomic mass is 35.5. The van der Waals surface area contributed by atoms with E-state index in [2.05, 4.69) is 15.4 Å². The maximum Gasteiger partial charge on any atom is 0.139 e. The number of anilines is 1. The van der Waals surface area contributed by atoms with Crippen molar-refractivity contribution in [2.24, 2.45) is 15.9 Å². The van der Waals surface area contributed by atoms with Crippen molar-refractivity contribution < 1.29 is 19.0 Å². The molecule has 176 valence electrons. The Morgan fingerprint density at radius 1 is 1.30 bits per heavy atom. The van der Waals surface area contributed by atoms with Gasteiger partial charge in [-0.2, -0.15) is 5.10 Å². The molecule has 2 aromatic rings. The predicted molar refractivity (Wildman–Crippen MR) is 130 cm³/mol. The van der Waals surface area contributed by atoms with Gasteiger partial charge in [-0.3, -0.25) is 10.4 Å². The molecule has 0 aliphatic heterocycles. The molecule has 2 rings (SSSR count). The first-order valence-corrected chi connectivity index (χ1v) is 10.3. The summed E-state index contributed by atoms with van der Waals surface area (Å²) in [7, 11) is 3.09. The third-order valence-electron chi connectivity index (χ3n) is 4.66. The van der Waals surface area contributed by atoms with Crippen molar-refractivity contribution >= 4 is 34.4 Å². The predicted octanol–water partition coefficient (Wildman–Crippen LogP) is 4.00. The summed E-state index contributed by atoms with van der Waals surface area (Å²) < 4.78 is 25.2. The maximum absolute atomic E-state index is 14.1. The summed E-state index contributed by atoms with van der Waals surface area (Å²) in [6, 6.07) is 11.5. The Labute approximate surface area is 197 Å². The van der Waals surface area contributed by atoms with Gasteiger partial charge in [0.05, 0.1) is 25.5 Å². The lowest BCUT2D eigenvalue weighted by Crippen LogP contribution is -2.29. The Hall–Kier alpha value is -3.27. The van der Waals surface area contributed by atoms with Gasteiger partial charge in [0.1, 0.15) is 28.6 Å². The second-order valence-electron chi connectivity index (χ2n) is 6.95. The summed E-state index contributed by atoms with van der Waals surface area (Å²) in [6.45, 7) is 2.07. The lowest BCUT2D eigenvalue weighted by atomic mass is 10.1. The lowest BCUT2D eigenvalue weighted by molar-refractivity contribution is 0.0528. The van der Waals surface area contributed by atoms with E-state index in [9.17, 15) is 9.50 Å². The third-order valence-corrected chi connectivity index (χ3v) is 4.77. The minimum Gasteiger partial charge on any atom is -0.497 e. The number of aliphatic imine (C=N–C) groups is 1. The number of nitrogens with one attached hydrogen (secondary N) is 2. The van der Waals surface area contributed by atoms with Crippen molar-refractivity contribution in [3.63, 3.8) is 0 Å². The van der Waals surface area contributed by atoms with E-state index in [4.69, 9.17) is 32.3 Å². The number of halogens is 2. The number of nitrogens with two attached hydrogens (primary N) is 1. The fraction of sp³-hybridized carbons (Fsp3) is 0.261. The Kier molecular flexibility index (Phi) is 9.99. The normalized spacial score (nSPS) is 14.2. The molecule has 5 N–H and O–H groups in total. The number of hydrazone groups is 1. The number of hydrogen-bond donors (Lipinski definition) is 4. The number of aliphatic hydroxyl groups excluding tert-OH is 1. The van der Waals surface area contributed by atoms with Crippen LogP contribution in [0.25, 0.3) is 0 Å². The number of rotatable bonds is 11. The topological polar surface area (TPSA) is 125 Å². The largest absolute Gasteiger partial charge is 0.497 e. The number of hydrogen-bond acceptors (Lipinski definition) is 8. The highest BCUT2D eigenvalue weighted by Gasteiger charge is 2.20. The van der Waals surface area contributed by atoms with Crippen LogP contribution in [0.2, 0.25) is 0 Å². The molecule has 0 bridgehead atoms. The number of aliphatic hydroxyl groups is 1. The van der Waals surface area contributed by atoms with Gasteiger partial charge in [-0.15, -0.1) is 0 Å². The summed E-state index contributed by atoms with van der Waals surface area (Å²) >= 11 is 5.73. The molecule has 33 heavy (non-hydrogen) atoms. The molecule has 0 heterocycles. The highest BCUT2D eigenvalue weighted by molar-refractivity contribution is 6.67. The molecule has 2 aromatic carbocycles. The molecule has 0 radical (unpaired) electrons. The van der Waals surface area contributed by atoms with Gasteiger partial charge in [-0.05, 0) is 48.9 Å². The first-order chi connectivity index (χ1) is 15.8. The summed E-state index contributed by atoms with van der Waals surface area (Å²) in [6.07, 6.45) is 0.617. The SMILES string of the molecule is CN=CC(=NN)C(O)/C(=C/C(=N)Cl)Nc1ccc(F)cc1[C@@H](C)OCc1ccc(OC)cc1. The average Bonchev–Trinajstić information content (AvgIpc) is 2.81. The van der Waals surface area contributed by atoms with E-state index in [1.807, 2.05) is 24.3 Å². The number of ether oxygens (including phenoxy) is 2. The third kappa shape index (κ3) is 7.67. The zero-order chi connectivity index (χ0) is 24.4. The van der Waals surface area contributed by atoms with Crippen LogP contribution in [0.3, 0.4) is 0 Å². The molecule has 2 atom stereocenters. The zero-order valence-corrected chi connectivity index (χ0v) is 19.3. The number of methoxy groups -OCH3 is 1. The van der Waals surface area contributed by atoms with E-state index in [1.54, 1.807) is 14.0 Å². The number of benzene rings is 2. The fourth-order valence-corrected chi connectivity index (χ4v) is 3.08. The van der Waals surface area contributed by atoms with Crippen LogP contribution in [0.15, 0.2) is 64.3 Å². The van der Waals surface area contributed by atoms with Crippen LogP contribution >= 0.6 is 11.6 Å². The monoisotopic (exact) mass is 475 g/mol. The first kappa shape index (κ1) is 26.0. The molecule has 0 aliphatic carbocycles. The van der Waals surface area contributed by atoms with Crippen LogP contribution in [0, 0.1) is 11.2 Å². The summed E-state index contributed by atoms with van der Waals surface area (Å²) in [5, 5.41) is 24.5. The van der Waals surface area contributed by atoms with Gasteiger partial charge in [-0.25, -0.2) is 4.39 Å². The van der Waals surface area contributed by atoms with E-state index in [0.29, 0.717) is 11.3 Å². The molecule has 8 nitrogen and oxygen atoms in total. The van der Waals surface area contributed by atoms with Crippen LogP contribution in [0.4, 0.5) is 10.1 Å². The van der Waals surface area contributed by atoms with Crippen molar-refractivity contribution in [1.29, 1.82) is 5.41 Å². The Balaban J connectivity index is 2.29. The van der Waals surface area contributed by atoms with Crippen LogP contribution < -0.4 is 15.9 Å². The smallest absolute Gasteiger partial charge is 0.139 e. The van der Waals surface area contributed by atoms with Crippen LogP contribution in [-0.2, 0) is 11.3 Å². The molecule has 0 spiro atoms. The average molecular weight is 476 g/mol. The molecule has 0 fully saturated rings. The molecule has 1 unspecified atom stereocenters. The minimum absolute atomic E-state index is 0.0432. The van der Waals surface area contributed by atoms with Crippen LogP contribution in [0.5, 0.6) is 5.75 Å². The molecule has 0 amide bonds. The Bertz CT molecular complexity index is 1040. The van der Waals surface area contributed by atoms with E-state index in [-0.39, 0.29) is 23.2 Å². The van der Waals surface area contributed by atoms with Crippen LogP contribution in [-0.4, -0.2) is 42.5 Å².